The standard InChI is InChI=1S/C27H21N3O3/c1-17-7-6-10-20(13-17)28-25(31)16-30-26(32)24(29-27(30)33)15-23-21-11-4-2-8-18(21)14-19-9-3-5-12-22(19)23/h2-15H,16H2,1H3,(H,28,31)(H,29,33)/b24-15-. The number of amides is 4. The van der Waals surface area contributed by atoms with Crippen molar-refractivity contribution in [2.24, 2.45) is 0 Å². The SMILES string of the molecule is Cc1cccc(NC(=O)CN2C(=O)N/C(=C\c3c4ccccc4cc4ccccc34)C2=O)c1. The lowest BCUT2D eigenvalue weighted by Gasteiger charge is -2.12. The van der Waals surface area contributed by atoms with E-state index < -0.39 is 17.8 Å². The third-order valence-corrected chi connectivity index (χ3v) is 5.67. The molecule has 6 nitrogen and oxygen atoms in total. The average molecular weight is 435 g/mol. The second-order valence-electron chi connectivity index (χ2n) is 8.03. The van der Waals surface area contributed by atoms with Crippen LogP contribution in [0.15, 0.2) is 84.6 Å². The Hall–Kier alpha value is -4.45. The molecule has 1 aliphatic rings. The number of fused-ring (bicyclic) bond motifs is 2. The second kappa shape index (κ2) is 8.24. The molecule has 0 atom stereocenters. The number of rotatable bonds is 4. The minimum atomic E-state index is -0.616. The molecule has 162 valence electrons. The van der Waals surface area contributed by atoms with Crippen molar-refractivity contribution in [2.45, 2.75) is 6.92 Å². The predicted octanol–water partition coefficient (Wildman–Crippen LogP) is 4.83. The summed E-state index contributed by atoms with van der Waals surface area (Å²) in [5.41, 5.74) is 2.60. The van der Waals surface area contributed by atoms with Crippen LogP contribution >= 0.6 is 0 Å². The molecule has 0 radical (unpaired) electrons. The van der Waals surface area contributed by atoms with Gasteiger partial charge in [-0.05, 0) is 63.9 Å². The van der Waals surface area contributed by atoms with E-state index >= 15 is 0 Å². The molecule has 0 bridgehead atoms. The maximum atomic E-state index is 13.0. The third-order valence-electron chi connectivity index (χ3n) is 5.67. The smallest absolute Gasteiger partial charge is 0.325 e. The van der Waals surface area contributed by atoms with Crippen molar-refractivity contribution in [2.75, 3.05) is 11.9 Å². The van der Waals surface area contributed by atoms with Crippen molar-refractivity contribution in [1.29, 1.82) is 0 Å². The van der Waals surface area contributed by atoms with E-state index in [2.05, 4.69) is 16.7 Å². The highest BCUT2D eigenvalue weighted by molar-refractivity contribution is 6.18. The Balaban J connectivity index is 1.46. The van der Waals surface area contributed by atoms with E-state index in [-0.39, 0.29) is 12.2 Å². The Morgan fingerprint density at radius 1 is 0.909 bits per heavy atom. The van der Waals surface area contributed by atoms with Gasteiger partial charge in [0.2, 0.25) is 5.91 Å². The van der Waals surface area contributed by atoms with E-state index in [0.717, 1.165) is 37.6 Å². The molecular weight excluding hydrogens is 414 g/mol. The summed E-state index contributed by atoms with van der Waals surface area (Å²) < 4.78 is 0. The van der Waals surface area contributed by atoms with Gasteiger partial charge >= 0.3 is 6.03 Å². The fourth-order valence-electron chi connectivity index (χ4n) is 4.13. The quantitative estimate of drug-likeness (QED) is 0.274. The van der Waals surface area contributed by atoms with Crippen LogP contribution < -0.4 is 10.6 Å². The zero-order valence-corrected chi connectivity index (χ0v) is 18.0. The lowest BCUT2D eigenvalue weighted by Crippen LogP contribution is -2.38. The van der Waals surface area contributed by atoms with Gasteiger partial charge in [0.15, 0.2) is 0 Å². The molecule has 4 aromatic rings. The van der Waals surface area contributed by atoms with Crippen molar-refractivity contribution in [3.8, 4) is 0 Å². The molecule has 4 amide bonds. The summed E-state index contributed by atoms with van der Waals surface area (Å²) in [6.45, 7) is 1.55. The first-order valence-electron chi connectivity index (χ1n) is 10.6. The number of anilines is 1. The number of hydrogen-bond donors (Lipinski definition) is 2. The van der Waals surface area contributed by atoms with Crippen molar-refractivity contribution in [3.63, 3.8) is 0 Å². The maximum absolute atomic E-state index is 13.0. The number of urea groups is 1. The molecule has 0 aromatic heterocycles. The number of hydrogen-bond acceptors (Lipinski definition) is 3. The zero-order valence-electron chi connectivity index (χ0n) is 18.0. The van der Waals surface area contributed by atoms with E-state index in [0.29, 0.717) is 5.69 Å². The fourth-order valence-corrected chi connectivity index (χ4v) is 4.13. The fraction of sp³-hybridized carbons (Fsp3) is 0.0741. The van der Waals surface area contributed by atoms with Gasteiger partial charge in [-0.3, -0.25) is 9.59 Å². The number of nitrogens with zero attached hydrogens (tertiary/aromatic N) is 1. The van der Waals surface area contributed by atoms with Crippen LogP contribution in [0.4, 0.5) is 10.5 Å². The monoisotopic (exact) mass is 435 g/mol. The number of aryl methyl sites for hydroxylation is 1. The molecule has 0 saturated carbocycles. The Kier molecular flexibility index (Phi) is 5.11. The summed E-state index contributed by atoms with van der Waals surface area (Å²) in [5.74, 6) is -0.975. The molecule has 1 heterocycles. The summed E-state index contributed by atoms with van der Waals surface area (Å²) in [4.78, 5) is 39.0. The van der Waals surface area contributed by atoms with E-state index in [9.17, 15) is 14.4 Å². The summed E-state index contributed by atoms with van der Waals surface area (Å²) in [5, 5.41) is 9.38. The van der Waals surface area contributed by atoms with Crippen LogP contribution in [0.2, 0.25) is 0 Å². The Labute approximate surface area is 190 Å². The number of imide groups is 1. The summed E-state index contributed by atoms with van der Waals surface area (Å²) >= 11 is 0. The first-order chi connectivity index (χ1) is 16.0. The number of nitrogens with one attached hydrogen (secondary N) is 2. The van der Waals surface area contributed by atoms with Gasteiger partial charge in [0.25, 0.3) is 5.91 Å². The molecule has 0 aliphatic carbocycles. The molecule has 1 saturated heterocycles. The third kappa shape index (κ3) is 3.94. The van der Waals surface area contributed by atoms with Crippen LogP contribution in [-0.2, 0) is 9.59 Å². The minimum absolute atomic E-state index is 0.143. The van der Waals surface area contributed by atoms with Gasteiger partial charge in [0.05, 0.1) is 0 Å². The van der Waals surface area contributed by atoms with Crippen molar-refractivity contribution < 1.29 is 14.4 Å². The van der Waals surface area contributed by atoms with Crippen LogP contribution in [-0.4, -0.2) is 29.3 Å². The predicted molar refractivity (Wildman–Crippen MR) is 129 cm³/mol. The summed E-state index contributed by atoms with van der Waals surface area (Å²) in [6.07, 6.45) is 1.70. The Bertz CT molecular complexity index is 1420. The normalized spacial score (nSPS) is 14.8. The number of carbonyl (C=O) groups excluding carboxylic acids is 3. The molecule has 5 rings (SSSR count). The highest BCUT2D eigenvalue weighted by Gasteiger charge is 2.35. The topological polar surface area (TPSA) is 78.5 Å². The molecular formula is C27H21N3O3. The molecule has 0 spiro atoms. The van der Waals surface area contributed by atoms with E-state index in [1.54, 1.807) is 12.1 Å². The molecule has 1 aliphatic heterocycles. The van der Waals surface area contributed by atoms with E-state index in [1.807, 2.05) is 73.7 Å². The van der Waals surface area contributed by atoms with Crippen LogP contribution in [0.25, 0.3) is 27.6 Å². The van der Waals surface area contributed by atoms with Crippen molar-refractivity contribution in [3.05, 3.63) is 95.7 Å². The highest BCUT2D eigenvalue weighted by Crippen LogP contribution is 2.30. The van der Waals surface area contributed by atoms with Crippen LogP contribution in [0.5, 0.6) is 0 Å². The Morgan fingerprint density at radius 3 is 2.24 bits per heavy atom. The molecule has 0 unspecified atom stereocenters. The van der Waals surface area contributed by atoms with Crippen LogP contribution in [0.3, 0.4) is 0 Å². The van der Waals surface area contributed by atoms with Crippen LogP contribution in [0.1, 0.15) is 11.1 Å². The lowest BCUT2D eigenvalue weighted by atomic mass is 9.96. The number of benzene rings is 4. The highest BCUT2D eigenvalue weighted by atomic mass is 16.2. The first kappa shape index (κ1) is 20.5. The molecule has 1 fully saturated rings. The largest absolute Gasteiger partial charge is 0.329 e. The lowest BCUT2D eigenvalue weighted by molar-refractivity contribution is -0.127. The minimum Gasteiger partial charge on any atom is -0.325 e. The molecule has 2 N–H and O–H groups in total. The molecule has 6 heteroatoms. The Morgan fingerprint density at radius 2 is 1.58 bits per heavy atom. The zero-order chi connectivity index (χ0) is 22.9. The molecule has 33 heavy (non-hydrogen) atoms. The maximum Gasteiger partial charge on any atom is 0.329 e. The van der Waals surface area contributed by atoms with Gasteiger partial charge in [-0.2, -0.15) is 0 Å². The van der Waals surface area contributed by atoms with Crippen LogP contribution in [0, 0.1) is 6.92 Å². The van der Waals surface area contributed by atoms with Gasteiger partial charge in [-0.25, -0.2) is 9.69 Å². The summed E-state index contributed by atoms with van der Waals surface area (Å²) in [7, 11) is 0. The van der Waals surface area contributed by atoms with Gasteiger partial charge < -0.3 is 10.6 Å². The second-order valence-corrected chi connectivity index (χ2v) is 8.03. The average Bonchev–Trinajstić information content (AvgIpc) is 3.06. The van der Waals surface area contributed by atoms with E-state index in [1.165, 1.54) is 0 Å². The van der Waals surface area contributed by atoms with Crippen molar-refractivity contribution in [1.82, 2.24) is 10.2 Å². The van der Waals surface area contributed by atoms with Gasteiger partial charge in [0, 0.05) is 5.69 Å². The molecule has 4 aromatic carbocycles. The first-order valence-corrected chi connectivity index (χ1v) is 10.6. The van der Waals surface area contributed by atoms with Gasteiger partial charge in [-0.1, -0.05) is 60.7 Å². The summed E-state index contributed by atoms with van der Waals surface area (Å²) in [6, 6.07) is 24.6. The van der Waals surface area contributed by atoms with Crippen molar-refractivity contribution >= 4 is 51.2 Å². The van der Waals surface area contributed by atoms with Gasteiger partial charge in [-0.15, -0.1) is 0 Å². The van der Waals surface area contributed by atoms with E-state index in [4.69, 9.17) is 0 Å². The number of carbonyl (C=O) groups is 3. The van der Waals surface area contributed by atoms with Gasteiger partial charge in [0.1, 0.15) is 12.2 Å².